The smallest absolute Gasteiger partial charge is 0.226 e. The van der Waals surface area contributed by atoms with Crippen LogP contribution in [0.25, 0.3) is 5.57 Å². The van der Waals surface area contributed by atoms with Crippen molar-refractivity contribution < 1.29 is 9.47 Å². The number of methoxy groups -OCH3 is 1. The fourth-order valence-corrected chi connectivity index (χ4v) is 5.07. The molecular formula is C28H29ClN2O2. The highest BCUT2D eigenvalue weighted by Gasteiger charge is 2.23. The molecule has 5 rings (SSSR count). The average Bonchev–Trinajstić information content (AvgIpc) is 3.01. The normalized spacial score (nSPS) is 17.7. The molecule has 0 spiro atoms. The molecule has 0 unspecified atom stereocenters. The lowest BCUT2D eigenvalue weighted by Gasteiger charge is -2.32. The monoisotopic (exact) mass is 460 g/mol. The van der Waals surface area contributed by atoms with Gasteiger partial charge >= 0.3 is 0 Å². The molecule has 170 valence electrons. The maximum atomic E-state index is 6.18. The predicted molar refractivity (Wildman–Crippen MR) is 133 cm³/mol. The highest BCUT2D eigenvalue weighted by atomic mass is 35.5. The van der Waals surface area contributed by atoms with Crippen molar-refractivity contribution in [3.63, 3.8) is 0 Å². The van der Waals surface area contributed by atoms with Gasteiger partial charge in [0.1, 0.15) is 11.5 Å². The van der Waals surface area contributed by atoms with E-state index in [1.165, 1.54) is 24.0 Å². The van der Waals surface area contributed by atoms with Gasteiger partial charge in [0.25, 0.3) is 0 Å². The molecule has 4 nitrogen and oxygen atoms in total. The zero-order chi connectivity index (χ0) is 22.6. The van der Waals surface area contributed by atoms with Gasteiger partial charge in [0.15, 0.2) is 0 Å². The summed E-state index contributed by atoms with van der Waals surface area (Å²) in [7, 11) is 1.71. The molecule has 0 atom stereocenters. The number of nitrogens with zero attached hydrogens (tertiary/aromatic N) is 2. The molecule has 3 aromatic rings. The number of piperidine rings is 1. The molecule has 0 amide bonds. The van der Waals surface area contributed by atoms with Crippen molar-refractivity contribution in [1.82, 2.24) is 9.88 Å². The Morgan fingerprint density at radius 1 is 1.09 bits per heavy atom. The summed E-state index contributed by atoms with van der Waals surface area (Å²) in [6, 6.07) is 18.4. The van der Waals surface area contributed by atoms with E-state index in [1.807, 2.05) is 36.4 Å². The Balaban J connectivity index is 1.27. The Labute approximate surface area is 200 Å². The zero-order valence-corrected chi connectivity index (χ0v) is 19.7. The molecule has 0 bridgehead atoms. The molecule has 0 radical (unpaired) electrons. The lowest BCUT2D eigenvalue weighted by molar-refractivity contribution is 0.216. The van der Waals surface area contributed by atoms with Crippen LogP contribution in [0.15, 0.2) is 66.9 Å². The molecule has 1 fully saturated rings. The van der Waals surface area contributed by atoms with Crippen LogP contribution in [0.5, 0.6) is 17.4 Å². The van der Waals surface area contributed by atoms with E-state index in [1.54, 1.807) is 13.3 Å². The van der Waals surface area contributed by atoms with Gasteiger partial charge in [-0.3, -0.25) is 0 Å². The zero-order valence-electron chi connectivity index (χ0n) is 19.0. The van der Waals surface area contributed by atoms with E-state index in [9.17, 15) is 0 Å². The molecule has 33 heavy (non-hydrogen) atoms. The number of benzene rings is 2. The van der Waals surface area contributed by atoms with Crippen molar-refractivity contribution in [2.75, 3.05) is 26.7 Å². The minimum Gasteiger partial charge on any atom is -0.496 e. The van der Waals surface area contributed by atoms with E-state index < -0.39 is 0 Å². The largest absolute Gasteiger partial charge is 0.496 e. The standard InChI is InChI=1S/C28H29ClN2O2/c1-32-26-7-2-8-27-25(26)19-22(24-6-3-15-30-28(24)33-27)5-4-16-31-17-13-21(14-18-31)20-9-11-23(29)12-10-20/h2-3,5-12,15,21H,4,13-14,16-19H2,1H3. The molecule has 5 heteroatoms. The maximum Gasteiger partial charge on any atom is 0.226 e. The van der Waals surface area contributed by atoms with Crippen molar-refractivity contribution in [3.8, 4) is 17.4 Å². The van der Waals surface area contributed by atoms with E-state index in [4.69, 9.17) is 21.1 Å². The number of halogens is 1. The summed E-state index contributed by atoms with van der Waals surface area (Å²) in [5.74, 6) is 2.98. The number of aromatic nitrogens is 1. The van der Waals surface area contributed by atoms with Crippen molar-refractivity contribution in [2.24, 2.45) is 0 Å². The molecule has 1 aromatic heterocycles. The highest BCUT2D eigenvalue weighted by molar-refractivity contribution is 6.30. The molecular weight excluding hydrogens is 432 g/mol. The van der Waals surface area contributed by atoms with Gasteiger partial charge in [0.2, 0.25) is 5.88 Å². The molecule has 0 saturated carbocycles. The first kappa shape index (κ1) is 22.0. The third kappa shape index (κ3) is 4.92. The first-order valence-electron chi connectivity index (χ1n) is 11.7. The lowest BCUT2D eigenvalue weighted by atomic mass is 9.89. The van der Waals surface area contributed by atoms with Crippen LogP contribution in [0, 0.1) is 0 Å². The van der Waals surface area contributed by atoms with Gasteiger partial charge in [0.05, 0.1) is 7.11 Å². The number of likely N-dealkylation sites (tertiary alicyclic amines) is 1. The minimum absolute atomic E-state index is 0.637. The lowest BCUT2D eigenvalue weighted by Crippen LogP contribution is -2.33. The van der Waals surface area contributed by atoms with Gasteiger partial charge in [-0.05, 0) is 85.8 Å². The Morgan fingerprint density at radius 3 is 2.70 bits per heavy atom. The fraction of sp³-hybridized carbons (Fsp3) is 0.321. The third-order valence-electron chi connectivity index (χ3n) is 6.77. The van der Waals surface area contributed by atoms with Crippen LogP contribution < -0.4 is 9.47 Å². The summed E-state index contributed by atoms with van der Waals surface area (Å²) in [6.45, 7) is 3.33. The van der Waals surface area contributed by atoms with E-state index in [0.29, 0.717) is 11.8 Å². The topological polar surface area (TPSA) is 34.6 Å². The number of fused-ring (bicyclic) bond motifs is 2. The number of hydrogen-bond acceptors (Lipinski definition) is 4. The molecule has 1 saturated heterocycles. The average molecular weight is 461 g/mol. The van der Waals surface area contributed by atoms with Crippen molar-refractivity contribution in [3.05, 3.63) is 88.6 Å². The highest BCUT2D eigenvalue weighted by Crippen LogP contribution is 2.41. The van der Waals surface area contributed by atoms with Gasteiger partial charge in [-0.1, -0.05) is 35.9 Å². The number of rotatable bonds is 5. The second-order valence-electron chi connectivity index (χ2n) is 8.76. The van der Waals surface area contributed by atoms with Gasteiger partial charge in [-0.15, -0.1) is 0 Å². The van der Waals surface area contributed by atoms with Crippen LogP contribution in [0.3, 0.4) is 0 Å². The van der Waals surface area contributed by atoms with Gasteiger partial charge in [-0.2, -0.15) is 0 Å². The van der Waals surface area contributed by atoms with E-state index in [-0.39, 0.29) is 0 Å². The molecule has 0 N–H and O–H groups in total. The van der Waals surface area contributed by atoms with Gasteiger partial charge in [-0.25, -0.2) is 4.98 Å². The Kier molecular flexibility index (Phi) is 6.65. The van der Waals surface area contributed by atoms with Crippen LogP contribution >= 0.6 is 11.6 Å². The Hall–Kier alpha value is -2.82. The van der Waals surface area contributed by atoms with E-state index in [0.717, 1.165) is 60.1 Å². The quantitative estimate of drug-likeness (QED) is 0.422. The van der Waals surface area contributed by atoms with E-state index >= 15 is 0 Å². The molecule has 2 aromatic carbocycles. The molecule has 3 heterocycles. The predicted octanol–water partition coefficient (Wildman–Crippen LogP) is 6.75. The summed E-state index contributed by atoms with van der Waals surface area (Å²) >= 11 is 6.05. The van der Waals surface area contributed by atoms with Crippen molar-refractivity contribution in [1.29, 1.82) is 0 Å². The van der Waals surface area contributed by atoms with E-state index in [2.05, 4.69) is 34.2 Å². The van der Waals surface area contributed by atoms with Gasteiger partial charge in [0, 0.05) is 35.3 Å². The number of pyridine rings is 1. The summed E-state index contributed by atoms with van der Waals surface area (Å²) in [4.78, 5) is 7.08. The summed E-state index contributed by atoms with van der Waals surface area (Å²) in [5.41, 5.74) is 4.80. The van der Waals surface area contributed by atoms with Crippen molar-refractivity contribution in [2.45, 2.75) is 31.6 Å². The van der Waals surface area contributed by atoms with Gasteiger partial charge < -0.3 is 14.4 Å². The number of ether oxygens (including phenoxy) is 2. The van der Waals surface area contributed by atoms with Crippen molar-refractivity contribution >= 4 is 17.2 Å². The molecule has 2 aliphatic heterocycles. The maximum absolute atomic E-state index is 6.18. The number of allylic oxidation sites excluding steroid dienone is 1. The summed E-state index contributed by atoms with van der Waals surface area (Å²) in [5, 5.41) is 0.810. The molecule has 0 aliphatic carbocycles. The van der Waals surface area contributed by atoms with Crippen LogP contribution in [-0.2, 0) is 6.42 Å². The molecule has 2 aliphatic rings. The SMILES string of the molecule is COc1cccc2c1CC(=CCCN1CCC(c3ccc(Cl)cc3)CC1)c1cccnc1O2. The summed E-state index contributed by atoms with van der Waals surface area (Å²) < 4.78 is 11.8. The second kappa shape index (κ2) is 9.98. The third-order valence-corrected chi connectivity index (χ3v) is 7.02. The minimum atomic E-state index is 0.637. The first-order chi connectivity index (χ1) is 16.2. The van der Waals surface area contributed by atoms with Crippen LogP contribution in [0.2, 0.25) is 5.02 Å². The first-order valence-corrected chi connectivity index (χ1v) is 12.0. The summed E-state index contributed by atoms with van der Waals surface area (Å²) in [6.07, 6.45) is 8.31. The Morgan fingerprint density at radius 2 is 1.91 bits per heavy atom. The Bertz CT molecular complexity index is 1130. The van der Waals surface area contributed by atoms with Crippen LogP contribution in [-0.4, -0.2) is 36.6 Å². The second-order valence-corrected chi connectivity index (χ2v) is 9.19. The fourth-order valence-electron chi connectivity index (χ4n) is 4.94. The number of hydrogen-bond donors (Lipinski definition) is 0. The van der Waals surface area contributed by atoms with Crippen LogP contribution in [0.1, 0.15) is 41.9 Å². The van der Waals surface area contributed by atoms with Crippen LogP contribution in [0.4, 0.5) is 0 Å².